The number of fused-ring (bicyclic) bond motifs is 1. The number of benzene rings is 1. The minimum absolute atomic E-state index is 0.228. The van der Waals surface area contributed by atoms with Crippen LogP contribution in [0.25, 0.3) is 16.9 Å². The van der Waals surface area contributed by atoms with Gasteiger partial charge in [-0.25, -0.2) is 9.97 Å². The van der Waals surface area contributed by atoms with Crippen molar-refractivity contribution in [1.29, 1.82) is 0 Å². The standard InChI is InChI=1S/C15H12BrCl2N3/c1-8-3-6-13-15(19-8)21(14(20-13)9(2)17)10-4-5-12(18)11(16)7-10/h3-7,9H,1-2H3. The molecule has 108 valence electrons. The number of aryl methyl sites for hydroxylation is 1. The molecule has 0 bridgehead atoms. The zero-order valence-corrected chi connectivity index (χ0v) is 14.5. The molecule has 1 aromatic carbocycles. The predicted molar refractivity (Wildman–Crippen MR) is 90.6 cm³/mol. The molecule has 0 saturated heterocycles. The Balaban J connectivity index is 2.35. The van der Waals surface area contributed by atoms with E-state index in [4.69, 9.17) is 23.2 Å². The summed E-state index contributed by atoms with van der Waals surface area (Å²) in [5, 5.41) is 0.432. The minimum Gasteiger partial charge on any atom is -0.279 e. The van der Waals surface area contributed by atoms with E-state index in [0.29, 0.717) is 5.02 Å². The van der Waals surface area contributed by atoms with Crippen LogP contribution in [0.4, 0.5) is 0 Å². The smallest absolute Gasteiger partial charge is 0.164 e. The van der Waals surface area contributed by atoms with Crippen LogP contribution in [0.2, 0.25) is 5.02 Å². The van der Waals surface area contributed by atoms with Crippen LogP contribution in [-0.2, 0) is 0 Å². The van der Waals surface area contributed by atoms with Crippen LogP contribution >= 0.6 is 39.1 Å². The van der Waals surface area contributed by atoms with Crippen molar-refractivity contribution >= 4 is 50.3 Å². The molecule has 0 aliphatic carbocycles. The number of hydrogen-bond acceptors (Lipinski definition) is 2. The molecule has 2 heterocycles. The fourth-order valence-corrected chi connectivity index (χ4v) is 2.85. The van der Waals surface area contributed by atoms with Crippen molar-refractivity contribution in [1.82, 2.24) is 14.5 Å². The lowest BCUT2D eigenvalue weighted by atomic mass is 10.3. The van der Waals surface area contributed by atoms with Gasteiger partial charge in [-0.15, -0.1) is 11.6 Å². The summed E-state index contributed by atoms with van der Waals surface area (Å²) in [5.41, 5.74) is 3.49. The fraction of sp³-hybridized carbons (Fsp3) is 0.200. The first-order valence-corrected chi connectivity index (χ1v) is 8.03. The maximum Gasteiger partial charge on any atom is 0.164 e. The molecule has 0 radical (unpaired) electrons. The third-order valence-corrected chi connectivity index (χ3v) is 4.60. The van der Waals surface area contributed by atoms with Gasteiger partial charge in [0.25, 0.3) is 0 Å². The molecule has 0 aliphatic rings. The van der Waals surface area contributed by atoms with Crippen LogP contribution in [0.5, 0.6) is 0 Å². The van der Waals surface area contributed by atoms with Gasteiger partial charge in [0, 0.05) is 10.2 Å². The van der Waals surface area contributed by atoms with Gasteiger partial charge in [0.05, 0.1) is 16.1 Å². The number of imidazole rings is 1. The third-order valence-electron chi connectivity index (χ3n) is 3.19. The number of aromatic nitrogens is 3. The van der Waals surface area contributed by atoms with E-state index in [0.717, 1.165) is 32.8 Å². The first-order valence-electron chi connectivity index (χ1n) is 6.43. The molecule has 6 heteroatoms. The molecule has 3 nitrogen and oxygen atoms in total. The van der Waals surface area contributed by atoms with Gasteiger partial charge in [-0.2, -0.15) is 0 Å². The minimum atomic E-state index is -0.228. The predicted octanol–water partition coefficient (Wildman–Crippen LogP) is 5.44. The molecule has 0 aliphatic heterocycles. The summed E-state index contributed by atoms with van der Waals surface area (Å²) < 4.78 is 2.80. The summed E-state index contributed by atoms with van der Waals surface area (Å²) in [7, 11) is 0. The van der Waals surface area contributed by atoms with Gasteiger partial charge in [0.2, 0.25) is 0 Å². The molecule has 0 fully saturated rings. The van der Waals surface area contributed by atoms with Gasteiger partial charge in [0.1, 0.15) is 11.3 Å². The Labute approximate surface area is 141 Å². The molecule has 1 atom stereocenters. The highest BCUT2D eigenvalue weighted by Gasteiger charge is 2.18. The highest BCUT2D eigenvalue weighted by molar-refractivity contribution is 9.10. The quantitative estimate of drug-likeness (QED) is 0.550. The Kier molecular flexibility index (Phi) is 3.95. The summed E-state index contributed by atoms with van der Waals surface area (Å²) in [6.45, 7) is 3.86. The van der Waals surface area contributed by atoms with Gasteiger partial charge in [0.15, 0.2) is 5.65 Å². The average Bonchev–Trinajstić information content (AvgIpc) is 2.80. The second-order valence-corrected chi connectivity index (χ2v) is 6.73. The number of halogens is 3. The largest absolute Gasteiger partial charge is 0.279 e. The van der Waals surface area contributed by atoms with Gasteiger partial charge < -0.3 is 0 Å². The average molecular weight is 385 g/mol. The molecule has 3 aromatic rings. The van der Waals surface area contributed by atoms with E-state index >= 15 is 0 Å². The number of hydrogen-bond donors (Lipinski definition) is 0. The Morgan fingerprint density at radius 3 is 2.62 bits per heavy atom. The van der Waals surface area contributed by atoms with Crippen LogP contribution in [0.3, 0.4) is 0 Å². The normalized spacial score (nSPS) is 12.8. The molecule has 0 saturated carbocycles. The molecule has 0 N–H and O–H groups in total. The van der Waals surface area contributed by atoms with Gasteiger partial charge in [-0.3, -0.25) is 4.57 Å². The third kappa shape index (κ3) is 2.68. The summed E-state index contributed by atoms with van der Waals surface area (Å²) >= 11 is 15.8. The Morgan fingerprint density at radius 2 is 1.95 bits per heavy atom. The molecule has 0 amide bonds. The zero-order chi connectivity index (χ0) is 15.1. The Hall–Kier alpha value is -1.10. The van der Waals surface area contributed by atoms with Crippen molar-refractivity contribution in [2.45, 2.75) is 19.2 Å². The van der Waals surface area contributed by atoms with Crippen molar-refractivity contribution in [2.24, 2.45) is 0 Å². The first-order chi connectivity index (χ1) is 9.97. The summed E-state index contributed by atoms with van der Waals surface area (Å²) in [6, 6.07) is 9.62. The van der Waals surface area contributed by atoms with Crippen molar-refractivity contribution in [3.63, 3.8) is 0 Å². The van der Waals surface area contributed by atoms with E-state index < -0.39 is 0 Å². The van der Waals surface area contributed by atoms with E-state index in [2.05, 4.69) is 25.9 Å². The fourth-order valence-electron chi connectivity index (χ4n) is 2.21. The van der Waals surface area contributed by atoms with Crippen molar-refractivity contribution in [2.75, 3.05) is 0 Å². The number of pyridine rings is 1. The van der Waals surface area contributed by atoms with Crippen molar-refractivity contribution in [3.05, 3.63) is 51.3 Å². The highest BCUT2D eigenvalue weighted by Crippen LogP contribution is 2.30. The van der Waals surface area contributed by atoms with Crippen LogP contribution < -0.4 is 0 Å². The van der Waals surface area contributed by atoms with E-state index in [9.17, 15) is 0 Å². The lowest BCUT2D eigenvalue weighted by Gasteiger charge is -2.11. The maximum absolute atomic E-state index is 6.29. The number of alkyl halides is 1. The van der Waals surface area contributed by atoms with E-state index in [1.807, 2.05) is 48.7 Å². The highest BCUT2D eigenvalue weighted by atomic mass is 79.9. The van der Waals surface area contributed by atoms with Gasteiger partial charge >= 0.3 is 0 Å². The Morgan fingerprint density at radius 1 is 1.19 bits per heavy atom. The first kappa shape index (κ1) is 14.8. The summed E-state index contributed by atoms with van der Waals surface area (Å²) in [5.74, 6) is 0.763. The molecule has 2 aromatic heterocycles. The molecule has 21 heavy (non-hydrogen) atoms. The Bertz CT molecular complexity index is 827. The molecule has 3 rings (SSSR count). The lowest BCUT2D eigenvalue weighted by Crippen LogP contribution is -2.03. The summed E-state index contributed by atoms with van der Waals surface area (Å²) in [6.07, 6.45) is 0. The molecular weight excluding hydrogens is 373 g/mol. The van der Waals surface area contributed by atoms with E-state index in [-0.39, 0.29) is 5.38 Å². The topological polar surface area (TPSA) is 30.7 Å². The van der Waals surface area contributed by atoms with Crippen molar-refractivity contribution < 1.29 is 0 Å². The van der Waals surface area contributed by atoms with Crippen LogP contribution in [0.15, 0.2) is 34.8 Å². The van der Waals surface area contributed by atoms with Crippen molar-refractivity contribution in [3.8, 4) is 5.69 Å². The number of rotatable bonds is 2. The van der Waals surface area contributed by atoms with Crippen LogP contribution in [0.1, 0.15) is 23.8 Å². The zero-order valence-electron chi connectivity index (χ0n) is 11.4. The molecule has 0 spiro atoms. The monoisotopic (exact) mass is 383 g/mol. The molecule has 1 unspecified atom stereocenters. The molecular formula is C15H12BrCl2N3. The van der Waals surface area contributed by atoms with Crippen LogP contribution in [0, 0.1) is 6.92 Å². The van der Waals surface area contributed by atoms with E-state index in [1.54, 1.807) is 0 Å². The maximum atomic E-state index is 6.29. The lowest BCUT2D eigenvalue weighted by molar-refractivity contribution is 0.875. The van der Waals surface area contributed by atoms with Gasteiger partial charge in [-0.05, 0) is 60.1 Å². The van der Waals surface area contributed by atoms with Crippen LogP contribution in [-0.4, -0.2) is 14.5 Å². The van der Waals surface area contributed by atoms with E-state index in [1.165, 1.54) is 0 Å². The SMILES string of the molecule is Cc1ccc2nc(C(C)Cl)n(-c3ccc(Cl)c(Br)c3)c2n1. The number of nitrogens with zero attached hydrogens (tertiary/aromatic N) is 3. The van der Waals surface area contributed by atoms with Gasteiger partial charge in [-0.1, -0.05) is 11.6 Å². The summed E-state index contributed by atoms with van der Waals surface area (Å²) in [4.78, 5) is 9.20. The second kappa shape index (κ2) is 5.59. The second-order valence-electron chi connectivity index (χ2n) is 4.82.